The summed E-state index contributed by atoms with van der Waals surface area (Å²) in [5.41, 5.74) is 4.05. The predicted octanol–water partition coefficient (Wildman–Crippen LogP) is 3.93. The van der Waals surface area contributed by atoms with Crippen LogP contribution >= 0.6 is 46.3 Å². The number of carbonyl (C=O) groups excluding carboxylic acids is 1. The molecule has 2 heterocycles. The smallest absolute Gasteiger partial charge is 0.264 e. The Bertz CT molecular complexity index is 1000. The molecular weight excluding hydrogens is 441 g/mol. The Balaban J connectivity index is 1.56. The Labute approximate surface area is 179 Å². The number of halogens is 2. The largest absolute Gasteiger partial charge is 0.334 e. The van der Waals surface area contributed by atoms with Crippen LogP contribution in [0.2, 0.25) is 10.0 Å². The van der Waals surface area contributed by atoms with Crippen molar-refractivity contribution in [3.63, 3.8) is 0 Å². The summed E-state index contributed by atoms with van der Waals surface area (Å²) in [7, 11) is 0. The molecule has 28 heavy (non-hydrogen) atoms. The van der Waals surface area contributed by atoms with E-state index >= 15 is 0 Å². The molecule has 8 nitrogen and oxygen atoms in total. The van der Waals surface area contributed by atoms with Gasteiger partial charge in [0, 0.05) is 9.90 Å². The van der Waals surface area contributed by atoms with Crippen LogP contribution < -0.4 is 16.6 Å². The van der Waals surface area contributed by atoms with Crippen LogP contribution in [0.25, 0.3) is 0 Å². The summed E-state index contributed by atoms with van der Waals surface area (Å²) < 4.78 is 1.23. The third-order valence-electron chi connectivity index (χ3n) is 3.40. The maximum Gasteiger partial charge on any atom is 0.264 e. The molecule has 0 spiro atoms. The number of nitrogens with two attached hydrogens (primary N) is 1. The lowest BCUT2D eigenvalue weighted by molar-refractivity contribution is -0.113. The highest BCUT2D eigenvalue weighted by Crippen LogP contribution is 2.26. The molecule has 1 amide bonds. The fourth-order valence-electron chi connectivity index (χ4n) is 2.03. The van der Waals surface area contributed by atoms with Gasteiger partial charge in [0.25, 0.3) is 5.95 Å². The molecule has 0 saturated carbocycles. The van der Waals surface area contributed by atoms with Gasteiger partial charge in [-0.25, -0.2) is 10.1 Å². The number of hydrazone groups is 1. The summed E-state index contributed by atoms with van der Waals surface area (Å²) in [5, 5.41) is 18.0. The van der Waals surface area contributed by atoms with Gasteiger partial charge in [-0.1, -0.05) is 41.0 Å². The van der Waals surface area contributed by atoms with Crippen molar-refractivity contribution in [1.82, 2.24) is 14.9 Å². The highest BCUT2D eigenvalue weighted by atomic mass is 35.5. The van der Waals surface area contributed by atoms with Gasteiger partial charge in [-0.15, -0.1) is 21.5 Å². The molecule has 0 radical (unpaired) electrons. The molecule has 0 atom stereocenters. The standard InChI is InChI=1S/C16H15Cl2N7OS2/c1-9(13-3-2-6-27-13)21-22-15-23-24-16(25(15)19)28-8-14(26)20-12-5-4-10(17)7-11(12)18/h2-7H,8,19H2,1H3,(H,20,26)(H,22,23)/b21-9+. The number of benzene rings is 1. The zero-order valence-electron chi connectivity index (χ0n) is 14.5. The lowest BCUT2D eigenvalue weighted by atomic mass is 10.3. The van der Waals surface area contributed by atoms with E-state index in [0.29, 0.717) is 20.9 Å². The number of carbonyl (C=O) groups is 1. The van der Waals surface area contributed by atoms with E-state index in [9.17, 15) is 4.79 Å². The van der Waals surface area contributed by atoms with Crippen molar-refractivity contribution < 1.29 is 4.79 Å². The number of thiophene rings is 1. The number of aromatic nitrogens is 3. The number of thioether (sulfide) groups is 1. The maximum atomic E-state index is 12.1. The monoisotopic (exact) mass is 455 g/mol. The summed E-state index contributed by atoms with van der Waals surface area (Å²) in [6, 6.07) is 8.74. The van der Waals surface area contributed by atoms with Crippen molar-refractivity contribution in [2.75, 3.05) is 22.3 Å². The first-order valence-corrected chi connectivity index (χ1v) is 10.5. The van der Waals surface area contributed by atoms with E-state index in [2.05, 4.69) is 26.0 Å². The molecule has 4 N–H and O–H groups in total. The first-order valence-electron chi connectivity index (χ1n) is 7.86. The minimum Gasteiger partial charge on any atom is -0.334 e. The average molecular weight is 456 g/mol. The third-order valence-corrected chi connectivity index (χ3v) is 5.87. The summed E-state index contributed by atoms with van der Waals surface area (Å²) in [5.74, 6) is 6.04. The number of nitrogen functional groups attached to an aromatic ring is 1. The number of rotatable bonds is 7. The van der Waals surface area contributed by atoms with Crippen molar-refractivity contribution in [2.24, 2.45) is 5.10 Å². The van der Waals surface area contributed by atoms with Crippen molar-refractivity contribution in [2.45, 2.75) is 12.1 Å². The van der Waals surface area contributed by atoms with E-state index in [1.807, 2.05) is 24.4 Å². The summed E-state index contributed by atoms with van der Waals surface area (Å²) >= 11 is 14.6. The van der Waals surface area contributed by atoms with Gasteiger partial charge in [-0.2, -0.15) is 5.10 Å². The normalized spacial score (nSPS) is 11.5. The maximum absolute atomic E-state index is 12.1. The highest BCUT2D eigenvalue weighted by Gasteiger charge is 2.13. The second-order valence-electron chi connectivity index (χ2n) is 5.42. The predicted molar refractivity (Wildman–Crippen MR) is 116 cm³/mol. The van der Waals surface area contributed by atoms with Crippen molar-refractivity contribution in [3.8, 4) is 0 Å². The van der Waals surface area contributed by atoms with Gasteiger partial charge < -0.3 is 11.2 Å². The fraction of sp³-hybridized carbons (Fsp3) is 0.125. The zero-order chi connectivity index (χ0) is 20.1. The number of amides is 1. The van der Waals surface area contributed by atoms with Gasteiger partial charge in [0.15, 0.2) is 0 Å². The van der Waals surface area contributed by atoms with E-state index in [-0.39, 0.29) is 17.6 Å². The number of nitrogens with zero attached hydrogens (tertiary/aromatic N) is 4. The molecule has 0 unspecified atom stereocenters. The number of hydrogen-bond donors (Lipinski definition) is 3. The molecule has 0 bridgehead atoms. The van der Waals surface area contributed by atoms with E-state index in [4.69, 9.17) is 29.0 Å². The Morgan fingerprint density at radius 3 is 2.89 bits per heavy atom. The molecule has 0 aliphatic heterocycles. The van der Waals surface area contributed by atoms with Crippen molar-refractivity contribution in [1.29, 1.82) is 0 Å². The van der Waals surface area contributed by atoms with Gasteiger partial charge in [0.2, 0.25) is 11.1 Å². The van der Waals surface area contributed by atoms with Crippen LogP contribution in [0.15, 0.2) is 46.0 Å². The van der Waals surface area contributed by atoms with Crippen LogP contribution in [0.5, 0.6) is 0 Å². The third kappa shape index (κ3) is 5.16. The number of nitrogens with one attached hydrogen (secondary N) is 2. The second kappa shape index (κ2) is 9.28. The van der Waals surface area contributed by atoms with Crippen LogP contribution in [0.4, 0.5) is 11.6 Å². The van der Waals surface area contributed by atoms with Gasteiger partial charge >= 0.3 is 0 Å². The molecule has 3 aromatic rings. The molecule has 0 aliphatic rings. The fourth-order valence-corrected chi connectivity index (χ4v) is 3.82. The van der Waals surface area contributed by atoms with E-state index < -0.39 is 0 Å². The average Bonchev–Trinajstić information content (AvgIpc) is 3.31. The molecule has 0 saturated heterocycles. The Morgan fingerprint density at radius 1 is 1.36 bits per heavy atom. The van der Waals surface area contributed by atoms with Crippen LogP contribution in [-0.4, -0.2) is 32.2 Å². The topological polar surface area (TPSA) is 110 Å². The van der Waals surface area contributed by atoms with Crippen molar-refractivity contribution >= 4 is 69.6 Å². The van der Waals surface area contributed by atoms with E-state index in [0.717, 1.165) is 22.4 Å². The molecule has 12 heteroatoms. The SMILES string of the molecule is C/C(=N\Nc1nnc(SCC(=O)Nc2ccc(Cl)cc2Cl)n1N)c1cccs1. The minimum absolute atomic E-state index is 0.0752. The first kappa shape index (κ1) is 20.5. The quantitative estimate of drug-likeness (QED) is 0.215. The van der Waals surface area contributed by atoms with Crippen molar-refractivity contribution in [3.05, 3.63) is 50.6 Å². The Kier molecular flexibility index (Phi) is 6.79. The molecule has 1 aromatic carbocycles. The number of hydrogen-bond acceptors (Lipinski definition) is 8. The lowest BCUT2D eigenvalue weighted by Gasteiger charge is -2.07. The molecule has 146 valence electrons. The molecule has 3 rings (SSSR count). The first-order chi connectivity index (χ1) is 13.4. The lowest BCUT2D eigenvalue weighted by Crippen LogP contribution is -2.17. The minimum atomic E-state index is -0.265. The number of anilines is 2. The van der Waals surface area contributed by atoms with Gasteiger partial charge in [-0.05, 0) is 36.6 Å². The summed E-state index contributed by atoms with van der Waals surface area (Å²) in [6.45, 7) is 1.87. The van der Waals surface area contributed by atoms with E-state index in [1.165, 1.54) is 4.68 Å². The summed E-state index contributed by atoms with van der Waals surface area (Å²) in [6.07, 6.45) is 0. The van der Waals surface area contributed by atoms with Gasteiger partial charge in [0.05, 0.1) is 22.2 Å². The van der Waals surface area contributed by atoms with E-state index in [1.54, 1.807) is 29.5 Å². The summed E-state index contributed by atoms with van der Waals surface area (Å²) in [4.78, 5) is 13.2. The van der Waals surface area contributed by atoms with Gasteiger partial charge in [-0.3, -0.25) is 4.79 Å². The molecule has 2 aromatic heterocycles. The molecule has 0 fully saturated rings. The van der Waals surface area contributed by atoms with Crippen LogP contribution in [0.3, 0.4) is 0 Å². The zero-order valence-corrected chi connectivity index (χ0v) is 17.7. The molecular formula is C16H15Cl2N7OS2. The van der Waals surface area contributed by atoms with Crippen LogP contribution in [-0.2, 0) is 4.79 Å². The van der Waals surface area contributed by atoms with Crippen LogP contribution in [0, 0.1) is 0 Å². The van der Waals surface area contributed by atoms with Gasteiger partial charge in [0.1, 0.15) is 0 Å². The molecule has 0 aliphatic carbocycles. The second-order valence-corrected chi connectivity index (χ2v) is 8.16. The Morgan fingerprint density at radius 2 is 2.18 bits per heavy atom. The van der Waals surface area contributed by atoms with Crippen LogP contribution in [0.1, 0.15) is 11.8 Å². The highest BCUT2D eigenvalue weighted by molar-refractivity contribution is 7.99. The Hall–Kier alpha value is -2.27.